The lowest BCUT2D eigenvalue weighted by Crippen LogP contribution is -2.33. The number of carbonyl (C=O) groups is 3. The van der Waals surface area contributed by atoms with Gasteiger partial charge >= 0.3 is 5.97 Å². The lowest BCUT2D eigenvalue weighted by Gasteiger charge is -2.23. The Morgan fingerprint density at radius 2 is 1.50 bits per heavy atom. The topological polar surface area (TPSA) is 84.9 Å². The second kappa shape index (κ2) is 16.2. The van der Waals surface area contributed by atoms with Crippen LogP contribution in [-0.4, -0.2) is 44.0 Å². The third-order valence-electron chi connectivity index (χ3n) is 7.49. The van der Waals surface area contributed by atoms with Gasteiger partial charge in [-0.15, -0.1) is 0 Å². The van der Waals surface area contributed by atoms with Gasteiger partial charge in [0.25, 0.3) is 0 Å². The van der Waals surface area contributed by atoms with E-state index in [9.17, 15) is 14.4 Å². The van der Waals surface area contributed by atoms with E-state index in [1.165, 1.54) is 7.11 Å². The number of hydrogen-bond acceptors (Lipinski definition) is 7. The Balaban J connectivity index is 1.18. The van der Waals surface area contributed by atoms with Gasteiger partial charge in [-0.3, -0.25) is 9.59 Å². The number of methoxy groups -OCH3 is 1. The van der Waals surface area contributed by atoms with Gasteiger partial charge in [-0.2, -0.15) is 11.3 Å². The van der Waals surface area contributed by atoms with Crippen molar-refractivity contribution < 1.29 is 23.9 Å². The van der Waals surface area contributed by atoms with Crippen molar-refractivity contribution in [1.82, 2.24) is 0 Å². The quantitative estimate of drug-likeness (QED) is 0.0746. The monoisotopic (exact) mass is 632 g/mol. The Labute approximate surface area is 273 Å². The van der Waals surface area contributed by atoms with E-state index in [-0.39, 0.29) is 11.7 Å². The zero-order valence-corrected chi connectivity index (χ0v) is 26.5. The molecule has 0 fully saturated rings. The molecule has 1 atom stereocenters. The van der Waals surface area contributed by atoms with Crippen molar-refractivity contribution >= 4 is 40.4 Å². The molecule has 0 radical (unpaired) electrons. The van der Waals surface area contributed by atoms with Gasteiger partial charge in [-0.05, 0) is 70.8 Å². The van der Waals surface area contributed by atoms with E-state index in [2.05, 4.69) is 5.32 Å². The van der Waals surface area contributed by atoms with Crippen LogP contribution < -0.4 is 15.0 Å². The third-order valence-corrected chi connectivity index (χ3v) is 8.22. The minimum absolute atomic E-state index is 0.0507. The fourth-order valence-corrected chi connectivity index (χ4v) is 5.78. The van der Waals surface area contributed by atoms with Crippen molar-refractivity contribution in [3.8, 4) is 5.75 Å². The molecule has 8 heteroatoms. The van der Waals surface area contributed by atoms with E-state index >= 15 is 0 Å². The molecular weight excluding hydrogens is 596 g/mol. The summed E-state index contributed by atoms with van der Waals surface area (Å²) in [4.78, 5) is 40.9. The fourth-order valence-electron chi connectivity index (χ4n) is 5.11. The van der Waals surface area contributed by atoms with Crippen LogP contribution in [0.2, 0.25) is 0 Å². The van der Waals surface area contributed by atoms with E-state index < -0.39 is 12.0 Å². The zero-order valence-electron chi connectivity index (χ0n) is 25.6. The average molecular weight is 633 g/mol. The third kappa shape index (κ3) is 8.70. The number of rotatable bonds is 15. The van der Waals surface area contributed by atoms with Gasteiger partial charge in [-0.25, -0.2) is 4.79 Å². The van der Waals surface area contributed by atoms with Crippen LogP contribution in [0.1, 0.15) is 33.5 Å². The number of hydrogen-bond donors (Lipinski definition) is 1. The van der Waals surface area contributed by atoms with Crippen molar-refractivity contribution in [3.63, 3.8) is 0 Å². The molecule has 0 saturated carbocycles. The number of ether oxygens (including phenoxy) is 2. The number of benzene rings is 4. The minimum atomic E-state index is -0.711. The number of amides is 1. The normalized spacial score (nSPS) is 11.3. The largest absolute Gasteiger partial charge is 0.494 e. The van der Waals surface area contributed by atoms with Gasteiger partial charge in [0, 0.05) is 35.5 Å². The summed E-state index contributed by atoms with van der Waals surface area (Å²) in [5.41, 5.74) is 4.39. The van der Waals surface area contributed by atoms with Crippen LogP contribution in [0.4, 0.5) is 11.4 Å². The number of nitrogens with zero attached hydrogens (tertiary/aromatic N) is 1. The van der Waals surface area contributed by atoms with E-state index in [0.717, 1.165) is 16.8 Å². The molecule has 4 aromatic carbocycles. The summed E-state index contributed by atoms with van der Waals surface area (Å²) in [6.45, 7) is 0.971. The average Bonchev–Trinajstić information content (AvgIpc) is 3.62. The number of thiophene rings is 1. The second-order valence-electron chi connectivity index (χ2n) is 10.7. The van der Waals surface area contributed by atoms with Crippen LogP contribution >= 0.6 is 11.3 Å². The van der Waals surface area contributed by atoms with E-state index in [1.807, 2.05) is 101 Å². The number of carbonyl (C=O) groups excluding carboxylic acids is 3. The summed E-state index contributed by atoms with van der Waals surface area (Å²) in [6.07, 6.45) is 1.36. The molecule has 0 bridgehead atoms. The first-order chi connectivity index (χ1) is 22.5. The van der Waals surface area contributed by atoms with E-state index in [1.54, 1.807) is 41.7 Å². The van der Waals surface area contributed by atoms with Crippen LogP contribution in [0.5, 0.6) is 5.75 Å². The summed E-state index contributed by atoms with van der Waals surface area (Å²) in [5, 5.41) is 7.23. The van der Waals surface area contributed by atoms with Crippen molar-refractivity contribution in [2.75, 3.05) is 30.5 Å². The van der Waals surface area contributed by atoms with Crippen LogP contribution in [0.25, 0.3) is 0 Å². The Morgan fingerprint density at radius 1 is 0.804 bits per heavy atom. The first kappa shape index (κ1) is 32.2. The molecule has 0 saturated heterocycles. The zero-order chi connectivity index (χ0) is 32.1. The maximum atomic E-state index is 13.2. The molecule has 46 heavy (non-hydrogen) atoms. The van der Waals surface area contributed by atoms with Crippen molar-refractivity contribution in [2.24, 2.45) is 0 Å². The van der Waals surface area contributed by atoms with E-state index in [4.69, 9.17) is 9.47 Å². The first-order valence-corrected chi connectivity index (χ1v) is 16.1. The second-order valence-corrected chi connectivity index (χ2v) is 11.5. The molecule has 0 aliphatic carbocycles. The maximum Gasteiger partial charge on any atom is 0.328 e. The smallest absolute Gasteiger partial charge is 0.328 e. The Hall–Kier alpha value is -5.21. The number of nitrogens with one attached hydrogen (secondary N) is 1. The van der Waals surface area contributed by atoms with Gasteiger partial charge < -0.3 is 19.7 Å². The van der Waals surface area contributed by atoms with Crippen LogP contribution in [-0.2, 0) is 27.2 Å². The molecule has 7 nitrogen and oxygen atoms in total. The Kier molecular flexibility index (Phi) is 11.3. The fraction of sp³-hybridized carbons (Fsp3) is 0.184. The van der Waals surface area contributed by atoms with Crippen LogP contribution in [0.15, 0.2) is 126 Å². The van der Waals surface area contributed by atoms with Crippen LogP contribution in [0, 0.1) is 0 Å². The maximum absolute atomic E-state index is 13.2. The molecule has 5 aromatic rings. The molecule has 1 N–H and O–H groups in total. The molecule has 0 aliphatic rings. The molecule has 0 spiro atoms. The predicted octanol–water partition coefficient (Wildman–Crippen LogP) is 7.22. The Morgan fingerprint density at radius 3 is 2.20 bits per heavy atom. The molecule has 1 amide bonds. The minimum Gasteiger partial charge on any atom is -0.494 e. The number of ketones is 1. The number of anilines is 2. The molecule has 234 valence electrons. The number of esters is 1. The first-order valence-electron chi connectivity index (χ1n) is 15.1. The standard InChI is InChI=1S/C38H36N2O5S/c1-44-38(43)35(39-34-16-9-8-15-33(34)37(42)30-11-4-2-5-12-30)25-28-17-19-32(20-18-28)45-23-10-22-40(31-13-6-3-7-14-31)36(41)26-29-21-24-46-27-29/h2-9,11-21,24,27,35,39H,10,22-23,25-26H2,1H3/t35-/m0/s1. The van der Waals surface area contributed by atoms with Gasteiger partial charge in [0.1, 0.15) is 11.8 Å². The molecule has 1 heterocycles. The summed E-state index contributed by atoms with van der Waals surface area (Å²) >= 11 is 1.59. The molecular formula is C38H36N2O5S. The lowest BCUT2D eigenvalue weighted by molar-refractivity contribution is -0.141. The van der Waals surface area contributed by atoms with Crippen molar-refractivity contribution in [1.29, 1.82) is 0 Å². The van der Waals surface area contributed by atoms with Gasteiger partial charge in [0.15, 0.2) is 5.78 Å². The summed E-state index contributed by atoms with van der Waals surface area (Å²) in [5.74, 6) is 0.183. The lowest BCUT2D eigenvalue weighted by atomic mass is 10.00. The molecule has 0 aliphatic heterocycles. The predicted molar refractivity (Wildman–Crippen MR) is 183 cm³/mol. The highest BCUT2D eigenvalue weighted by Gasteiger charge is 2.23. The summed E-state index contributed by atoms with van der Waals surface area (Å²) in [7, 11) is 1.35. The summed E-state index contributed by atoms with van der Waals surface area (Å²) < 4.78 is 11.1. The van der Waals surface area contributed by atoms with Gasteiger partial charge in [0.05, 0.1) is 20.1 Å². The molecule has 0 unspecified atom stereocenters. The molecule has 1 aromatic heterocycles. The van der Waals surface area contributed by atoms with Gasteiger partial charge in [0.2, 0.25) is 5.91 Å². The molecule has 5 rings (SSSR count). The van der Waals surface area contributed by atoms with E-state index in [0.29, 0.717) is 55.0 Å². The van der Waals surface area contributed by atoms with Crippen molar-refractivity contribution in [3.05, 3.63) is 148 Å². The highest BCUT2D eigenvalue weighted by molar-refractivity contribution is 7.08. The van der Waals surface area contributed by atoms with Crippen molar-refractivity contribution in [2.45, 2.75) is 25.3 Å². The SMILES string of the molecule is COC(=O)[C@H](Cc1ccc(OCCCN(C(=O)Cc2ccsc2)c2ccccc2)cc1)Nc1ccccc1C(=O)c1ccccc1. The van der Waals surface area contributed by atoms with Crippen LogP contribution in [0.3, 0.4) is 0 Å². The Bertz CT molecular complexity index is 1710. The summed E-state index contributed by atoms with van der Waals surface area (Å²) in [6, 6.07) is 34.7. The highest BCUT2D eigenvalue weighted by Crippen LogP contribution is 2.23. The number of para-hydroxylation sites is 2. The highest BCUT2D eigenvalue weighted by atomic mass is 32.1. The van der Waals surface area contributed by atoms with Gasteiger partial charge in [-0.1, -0.05) is 72.8 Å².